The van der Waals surface area contributed by atoms with Gasteiger partial charge >= 0.3 is 6.03 Å². The number of nitrogens with one attached hydrogen (secondary N) is 1. The fourth-order valence-electron chi connectivity index (χ4n) is 2.40. The number of carbonyl (C=O) groups is 3. The van der Waals surface area contributed by atoms with Crippen molar-refractivity contribution in [1.82, 2.24) is 10.2 Å². The Hall–Kier alpha value is -2.17. The molecule has 98 valence electrons. The highest BCUT2D eigenvalue weighted by molar-refractivity contribution is 6.20. The molecule has 0 bridgehead atoms. The molecule has 0 atom stereocenters. The standard InChI is InChI=1S/C14H14N2O3/c1-9-4-2-3-5-10(9)8-16-12(18)14(6-7-14)11(17)15-13(16)19/h2-5H,6-8H2,1H3,(H,15,17,19). The fourth-order valence-corrected chi connectivity index (χ4v) is 2.40. The lowest BCUT2D eigenvalue weighted by Crippen LogP contribution is -2.58. The van der Waals surface area contributed by atoms with Gasteiger partial charge in [0.2, 0.25) is 11.8 Å². The van der Waals surface area contributed by atoms with E-state index in [9.17, 15) is 14.4 Å². The van der Waals surface area contributed by atoms with Gasteiger partial charge in [-0.2, -0.15) is 0 Å². The summed E-state index contributed by atoms with van der Waals surface area (Å²) in [4.78, 5) is 36.9. The lowest BCUT2D eigenvalue weighted by Gasteiger charge is -2.30. The molecule has 1 saturated carbocycles. The second kappa shape index (κ2) is 3.91. The molecule has 1 aliphatic carbocycles. The van der Waals surface area contributed by atoms with Gasteiger partial charge in [0.05, 0.1) is 6.54 Å². The summed E-state index contributed by atoms with van der Waals surface area (Å²) >= 11 is 0. The maximum absolute atomic E-state index is 12.3. The summed E-state index contributed by atoms with van der Waals surface area (Å²) in [6, 6.07) is 6.97. The zero-order chi connectivity index (χ0) is 13.6. The topological polar surface area (TPSA) is 66.5 Å². The fraction of sp³-hybridized carbons (Fsp3) is 0.357. The predicted octanol–water partition coefficient (Wildman–Crippen LogP) is 1.35. The first-order valence-electron chi connectivity index (χ1n) is 6.26. The lowest BCUT2D eigenvalue weighted by molar-refractivity contribution is -0.145. The number of hydrogen-bond acceptors (Lipinski definition) is 3. The minimum Gasteiger partial charge on any atom is -0.277 e. The van der Waals surface area contributed by atoms with Crippen LogP contribution in [0, 0.1) is 12.3 Å². The number of imide groups is 2. The number of hydrogen-bond donors (Lipinski definition) is 1. The number of carbonyl (C=O) groups excluding carboxylic acids is 3. The van der Waals surface area contributed by atoms with Crippen LogP contribution in [-0.4, -0.2) is 22.7 Å². The van der Waals surface area contributed by atoms with Crippen molar-refractivity contribution in [2.24, 2.45) is 5.41 Å². The van der Waals surface area contributed by atoms with Crippen molar-refractivity contribution in [2.75, 3.05) is 0 Å². The highest BCUT2D eigenvalue weighted by Gasteiger charge is 2.62. The Kier molecular flexibility index (Phi) is 2.45. The van der Waals surface area contributed by atoms with Gasteiger partial charge in [-0.3, -0.25) is 19.8 Å². The minimum atomic E-state index is -0.962. The summed E-state index contributed by atoms with van der Waals surface area (Å²) in [5.41, 5.74) is 0.970. The number of rotatable bonds is 2. The number of aryl methyl sites for hydroxylation is 1. The summed E-state index contributed by atoms with van der Waals surface area (Å²) in [7, 11) is 0. The molecule has 0 aromatic heterocycles. The summed E-state index contributed by atoms with van der Waals surface area (Å²) in [5.74, 6) is -0.798. The highest BCUT2D eigenvalue weighted by Crippen LogP contribution is 2.49. The molecule has 1 aromatic rings. The molecule has 4 amide bonds. The molecule has 2 fully saturated rings. The van der Waals surface area contributed by atoms with Crippen molar-refractivity contribution >= 4 is 17.8 Å². The predicted molar refractivity (Wildman–Crippen MR) is 66.9 cm³/mol. The van der Waals surface area contributed by atoms with Crippen LogP contribution in [0.25, 0.3) is 0 Å². The Bertz CT molecular complexity index is 590. The zero-order valence-electron chi connectivity index (χ0n) is 10.6. The summed E-state index contributed by atoms with van der Waals surface area (Å²) < 4.78 is 0. The van der Waals surface area contributed by atoms with Crippen molar-refractivity contribution in [1.29, 1.82) is 0 Å². The lowest BCUT2D eigenvalue weighted by atomic mass is 10.0. The van der Waals surface area contributed by atoms with Gasteiger partial charge in [0.15, 0.2) is 0 Å². The van der Waals surface area contributed by atoms with E-state index in [1.807, 2.05) is 31.2 Å². The van der Waals surface area contributed by atoms with E-state index in [2.05, 4.69) is 5.32 Å². The molecule has 3 rings (SSSR count). The van der Waals surface area contributed by atoms with E-state index in [0.717, 1.165) is 16.0 Å². The Morgan fingerprint density at radius 1 is 1.21 bits per heavy atom. The second-order valence-electron chi connectivity index (χ2n) is 5.16. The number of benzene rings is 1. The summed E-state index contributed by atoms with van der Waals surface area (Å²) in [5, 5.41) is 2.28. The van der Waals surface area contributed by atoms with E-state index in [4.69, 9.17) is 0 Å². The van der Waals surface area contributed by atoms with Crippen LogP contribution in [-0.2, 0) is 16.1 Å². The van der Waals surface area contributed by atoms with Gasteiger partial charge in [-0.25, -0.2) is 4.79 Å². The van der Waals surface area contributed by atoms with Crippen molar-refractivity contribution < 1.29 is 14.4 Å². The molecule has 1 saturated heterocycles. The van der Waals surface area contributed by atoms with Gasteiger partial charge in [-0.1, -0.05) is 24.3 Å². The first-order valence-corrected chi connectivity index (χ1v) is 6.26. The van der Waals surface area contributed by atoms with Crippen molar-refractivity contribution in [3.63, 3.8) is 0 Å². The van der Waals surface area contributed by atoms with Crippen LogP contribution in [0.5, 0.6) is 0 Å². The van der Waals surface area contributed by atoms with E-state index in [-0.39, 0.29) is 12.5 Å². The minimum absolute atomic E-state index is 0.215. The van der Waals surface area contributed by atoms with E-state index in [1.54, 1.807) is 0 Å². The maximum atomic E-state index is 12.3. The third-order valence-corrected chi connectivity index (χ3v) is 3.89. The second-order valence-corrected chi connectivity index (χ2v) is 5.16. The molecular formula is C14H14N2O3. The molecule has 2 aliphatic rings. The van der Waals surface area contributed by atoms with Crippen LogP contribution in [0.15, 0.2) is 24.3 Å². The van der Waals surface area contributed by atoms with E-state index >= 15 is 0 Å². The molecule has 1 heterocycles. The van der Waals surface area contributed by atoms with Crippen LogP contribution < -0.4 is 5.32 Å². The SMILES string of the molecule is Cc1ccccc1CN1C(=O)NC(=O)C2(CC2)C1=O. The van der Waals surface area contributed by atoms with Gasteiger partial charge in [0.1, 0.15) is 5.41 Å². The van der Waals surface area contributed by atoms with Crippen molar-refractivity contribution in [2.45, 2.75) is 26.3 Å². The average Bonchev–Trinajstić information content (AvgIpc) is 3.16. The first kappa shape index (κ1) is 11.9. The molecule has 1 aromatic carbocycles. The van der Waals surface area contributed by atoms with Crippen LogP contribution in [0.2, 0.25) is 0 Å². The Morgan fingerprint density at radius 3 is 2.53 bits per heavy atom. The smallest absolute Gasteiger partial charge is 0.277 e. The summed E-state index contributed by atoms with van der Waals surface area (Å²) in [6.07, 6.45) is 1.07. The van der Waals surface area contributed by atoms with E-state index in [1.165, 1.54) is 0 Å². The average molecular weight is 258 g/mol. The molecular weight excluding hydrogens is 244 g/mol. The van der Waals surface area contributed by atoms with Crippen molar-refractivity contribution in [3.05, 3.63) is 35.4 Å². The number of amides is 4. The normalized spacial score (nSPS) is 20.7. The number of nitrogens with zero attached hydrogens (tertiary/aromatic N) is 1. The molecule has 1 spiro atoms. The highest BCUT2D eigenvalue weighted by atomic mass is 16.2. The zero-order valence-corrected chi connectivity index (χ0v) is 10.6. The molecule has 5 nitrogen and oxygen atoms in total. The van der Waals surface area contributed by atoms with Crippen molar-refractivity contribution in [3.8, 4) is 0 Å². The molecule has 0 radical (unpaired) electrons. The van der Waals surface area contributed by atoms with Crippen LogP contribution in [0.3, 0.4) is 0 Å². The molecule has 1 aliphatic heterocycles. The number of urea groups is 1. The molecule has 1 N–H and O–H groups in total. The Morgan fingerprint density at radius 2 is 1.89 bits per heavy atom. The largest absolute Gasteiger partial charge is 0.331 e. The monoisotopic (exact) mass is 258 g/mol. The molecule has 19 heavy (non-hydrogen) atoms. The summed E-state index contributed by atoms with van der Waals surface area (Å²) in [6.45, 7) is 2.14. The van der Waals surface area contributed by atoms with E-state index < -0.39 is 17.4 Å². The quantitative estimate of drug-likeness (QED) is 0.814. The van der Waals surface area contributed by atoms with Gasteiger partial charge in [0.25, 0.3) is 0 Å². The Balaban J connectivity index is 1.88. The Labute approximate surface area is 110 Å². The van der Waals surface area contributed by atoms with E-state index in [0.29, 0.717) is 12.8 Å². The maximum Gasteiger partial charge on any atom is 0.331 e. The van der Waals surface area contributed by atoms with Gasteiger partial charge in [0, 0.05) is 0 Å². The van der Waals surface area contributed by atoms with Crippen LogP contribution >= 0.6 is 0 Å². The first-order chi connectivity index (χ1) is 9.04. The van der Waals surface area contributed by atoms with Crippen LogP contribution in [0.1, 0.15) is 24.0 Å². The molecule has 0 unspecified atom stereocenters. The van der Waals surface area contributed by atoms with Gasteiger partial charge in [-0.15, -0.1) is 0 Å². The number of barbiturate groups is 1. The van der Waals surface area contributed by atoms with Crippen LogP contribution in [0.4, 0.5) is 4.79 Å². The van der Waals surface area contributed by atoms with Gasteiger partial charge < -0.3 is 0 Å². The molecule has 5 heteroatoms. The third kappa shape index (κ3) is 1.73. The third-order valence-electron chi connectivity index (χ3n) is 3.89. The van der Waals surface area contributed by atoms with Gasteiger partial charge in [-0.05, 0) is 30.9 Å².